The number of nitrogens with one attached hydrogen (secondary N) is 1. The largest absolute Gasteiger partial charge is 0.467 e. The number of aromatic nitrogens is 2. The number of anilines is 1. The molecule has 0 unspecified atom stereocenters. The van der Waals surface area contributed by atoms with Gasteiger partial charge in [-0.05, 0) is 48.2 Å². The van der Waals surface area contributed by atoms with Crippen LogP contribution in [0.15, 0.2) is 47.1 Å². The molecule has 0 bridgehead atoms. The maximum Gasteiger partial charge on any atom is 0.224 e. The van der Waals surface area contributed by atoms with Crippen molar-refractivity contribution in [2.24, 2.45) is 5.73 Å². The zero-order valence-corrected chi connectivity index (χ0v) is 17.4. The maximum absolute atomic E-state index is 9.35. The van der Waals surface area contributed by atoms with Crippen molar-refractivity contribution >= 4 is 39.0 Å². The smallest absolute Gasteiger partial charge is 0.224 e. The topological polar surface area (TPSA) is 97.2 Å². The summed E-state index contributed by atoms with van der Waals surface area (Å²) in [7, 11) is 0. The van der Waals surface area contributed by atoms with E-state index in [4.69, 9.17) is 21.8 Å². The summed E-state index contributed by atoms with van der Waals surface area (Å²) in [6.45, 7) is 2.49. The molecule has 0 saturated carbocycles. The number of fused-ring (bicyclic) bond motifs is 1. The van der Waals surface area contributed by atoms with Gasteiger partial charge in [0.1, 0.15) is 11.6 Å². The van der Waals surface area contributed by atoms with Crippen LogP contribution in [0.3, 0.4) is 0 Å². The molecule has 0 aliphatic heterocycles. The predicted molar refractivity (Wildman–Crippen MR) is 117 cm³/mol. The molecule has 0 fully saturated rings. The van der Waals surface area contributed by atoms with Crippen molar-refractivity contribution in [3.05, 3.63) is 64.1 Å². The molecule has 150 valence electrons. The first kappa shape index (κ1) is 19.8. The van der Waals surface area contributed by atoms with Gasteiger partial charge in [-0.3, -0.25) is 0 Å². The Bertz CT molecular complexity index is 1110. The minimum absolute atomic E-state index is 0.00138. The molecule has 4 rings (SSSR count). The number of aliphatic hydroxyl groups is 1. The van der Waals surface area contributed by atoms with E-state index in [2.05, 4.69) is 15.3 Å². The molecule has 1 atom stereocenters. The normalized spacial score (nSPS) is 12.4. The van der Waals surface area contributed by atoms with Crippen LogP contribution in [0.4, 0.5) is 5.82 Å². The Hall–Kier alpha value is -2.45. The molecule has 6 nitrogen and oxygen atoms in total. The van der Waals surface area contributed by atoms with Gasteiger partial charge >= 0.3 is 0 Å². The Morgan fingerprint density at radius 3 is 2.69 bits per heavy atom. The van der Waals surface area contributed by atoms with Crippen molar-refractivity contribution in [3.8, 4) is 11.1 Å². The number of nitrogens with zero attached hydrogens (tertiary/aromatic N) is 2. The summed E-state index contributed by atoms with van der Waals surface area (Å²) in [6, 6.07) is 11.5. The van der Waals surface area contributed by atoms with Gasteiger partial charge in [-0.2, -0.15) is 4.98 Å². The molecular weight excluding hydrogens is 408 g/mol. The molecule has 0 aliphatic carbocycles. The predicted octanol–water partition coefficient (Wildman–Crippen LogP) is 4.60. The van der Waals surface area contributed by atoms with Crippen LogP contribution in [0.1, 0.15) is 23.1 Å². The Labute approximate surface area is 177 Å². The van der Waals surface area contributed by atoms with Crippen molar-refractivity contribution in [2.75, 3.05) is 5.32 Å². The third kappa shape index (κ3) is 4.28. The standard InChI is InChI=1S/C21H21ClN4O2S/c1-12(23)9-16-17(14-6-4-13(11-27)5-7-14)18-19(29-16)20(26-21(22)25-18)24-10-15-3-2-8-28-15/h2-8,12,27H,9-11,23H2,1H3,(H,24,25,26)/t12-/m0/s1. The van der Waals surface area contributed by atoms with Crippen LogP contribution in [0.25, 0.3) is 21.3 Å². The number of furan rings is 1. The first-order chi connectivity index (χ1) is 14.0. The SMILES string of the molecule is C[C@H](N)Cc1sc2c(NCc3ccco3)nc(Cl)nc2c1-c1ccc(CO)cc1. The van der Waals surface area contributed by atoms with Gasteiger partial charge in [0.05, 0.1) is 29.6 Å². The second-order valence-corrected chi connectivity index (χ2v) is 8.33. The number of thiophene rings is 1. The third-order valence-electron chi connectivity index (χ3n) is 4.52. The van der Waals surface area contributed by atoms with E-state index >= 15 is 0 Å². The zero-order valence-electron chi connectivity index (χ0n) is 15.9. The molecule has 0 saturated heterocycles. The summed E-state index contributed by atoms with van der Waals surface area (Å²) in [5.41, 5.74) is 9.79. The Morgan fingerprint density at radius 1 is 1.24 bits per heavy atom. The van der Waals surface area contributed by atoms with Gasteiger partial charge in [0.25, 0.3) is 0 Å². The van der Waals surface area contributed by atoms with Crippen molar-refractivity contribution in [1.82, 2.24) is 9.97 Å². The fraction of sp³-hybridized carbons (Fsp3) is 0.238. The summed E-state index contributed by atoms with van der Waals surface area (Å²) in [5, 5.41) is 12.8. The van der Waals surface area contributed by atoms with Crippen LogP contribution >= 0.6 is 22.9 Å². The molecule has 4 N–H and O–H groups in total. The van der Waals surface area contributed by atoms with Crippen molar-refractivity contribution < 1.29 is 9.52 Å². The molecule has 0 radical (unpaired) electrons. The summed E-state index contributed by atoms with van der Waals surface area (Å²) < 4.78 is 6.33. The van der Waals surface area contributed by atoms with Crippen molar-refractivity contribution in [1.29, 1.82) is 0 Å². The molecule has 0 spiro atoms. The third-order valence-corrected chi connectivity index (χ3v) is 5.90. The van der Waals surface area contributed by atoms with Gasteiger partial charge in [-0.25, -0.2) is 4.98 Å². The second-order valence-electron chi connectivity index (χ2n) is 6.89. The number of halogens is 1. The summed E-state index contributed by atoms with van der Waals surface area (Å²) >= 11 is 7.89. The number of nitrogens with two attached hydrogens (primary N) is 1. The Morgan fingerprint density at radius 2 is 2.03 bits per heavy atom. The van der Waals surface area contributed by atoms with Gasteiger partial charge in [0.15, 0.2) is 0 Å². The van der Waals surface area contributed by atoms with Crippen LogP contribution in [0.2, 0.25) is 5.28 Å². The van der Waals surface area contributed by atoms with E-state index in [0.29, 0.717) is 18.8 Å². The fourth-order valence-corrected chi connectivity index (χ4v) is 4.75. The minimum Gasteiger partial charge on any atom is -0.467 e. The molecule has 4 aromatic rings. The molecule has 29 heavy (non-hydrogen) atoms. The quantitative estimate of drug-likeness (QED) is 0.372. The van der Waals surface area contributed by atoms with E-state index in [0.717, 1.165) is 37.5 Å². The van der Waals surface area contributed by atoms with E-state index in [9.17, 15) is 5.11 Å². The molecular formula is C21H21ClN4O2S. The Balaban J connectivity index is 1.83. The average Bonchev–Trinajstić information content (AvgIpc) is 3.33. The number of aliphatic hydroxyl groups excluding tert-OH is 1. The lowest BCUT2D eigenvalue weighted by Crippen LogP contribution is -2.17. The highest BCUT2D eigenvalue weighted by atomic mass is 35.5. The van der Waals surface area contributed by atoms with E-state index in [-0.39, 0.29) is 17.9 Å². The lowest BCUT2D eigenvalue weighted by molar-refractivity contribution is 0.282. The van der Waals surface area contributed by atoms with E-state index in [1.807, 2.05) is 43.3 Å². The van der Waals surface area contributed by atoms with Crippen LogP contribution in [0, 0.1) is 0 Å². The fourth-order valence-electron chi connectivity index (χ4n) is 3.21. The lowest BCUT2D eigenvalue weighted by atomic mass is 10.0. The summed E-state index contributed by atoms with van der Waals surface area (Å²) in [5.74, 6) is 1.48. The first-order valence-corrected chi connectivity index (χ1v) is 10.5. The van der Waals surface area contributed by atoms with Gasteiger partial charge in [0, 0.05) is 16.5 Å². The molecule has 3 aromatic heterocycles. The van der Waals surface area contributed by atoms with Gasteiger partial charge in [-0.1, -0.05) is 24.3 Å². The molecule has 0 amide bonds. The first-order valence-electron chi connectivity index (χ1n) is 9.26. The van der Waals surface area contributed by atoms with Crippen molar-refractivity contribution in [2.45, 2.75) is 32.5 Å². The number of benzene rings is 1. The highest BCUT2D eigenvalue weighted by molar-refractivity contribution is 7.20. The number of hydrogen-bond acceptors (Lipinski definition) is 7. The summed E-state index contributed by atoms with van der Waals surface area (Å²) in [6.07, 6.45) is 2.35. The Kier molecular flexibility index (Phi) is 5.82. The van der Waals surface area contributed by atoms with E-state index < -0.39 is 0 Å². The maximum atomic E-state index is 9.35. The average molecular weight is 429 g/mol. The zero-order chi connectivity index (χ0) is 20.4. The highest BCUT2D eigenvalue weighted by Crippen LogP contribution is 2.41. The van der Waals surface area contributed by atoms with Gasteiger partial charge in [-0.15, -0.1) is 11.3 Å². The van der Waals surface area contributed by atoms with Crippen LogP contribution in [0.5, 0.6) is 0 Å². The van der Waals surface area contributed by atoms with E-state index in [1.54, 1.807) is 17.6 Å². The van der Waals surface area contributed by atoms with Crippen LogP contribution in [-0.2, 0) is 19.6 Å². The highest BCUT2D eigenvalue weighted by Gasteiger charge is 2.20. The second kappa shape index (κ2) is 8.51. The lowest BCUT2D eigenvalue weighted by Gasteiger charge is -2.08. The molecule has 3 heterocycles. The minimum atomic E-state index is 0.00138. The van der Waals surface area contributed by atoms with Crippen LogP contribution < -0.4 is 11.1 Å². The summed E-state index contributed by atoms with van der Waals surface area (Å²) in [4.78, 5) is 10.1. The number of hydrogen-bond donors (Lipinski definition) is 3. The van der Waals surface area contributed by atoms with E-state index in [1.165, 1.54) is 0 Å². The number of rotatable bonds is 7. The molecule has 0 aliphatic rings. The van der Waals surface area contributed by atoms with Gasteiger partial charge in [0.2, 0.25) is 5.28 Å². The van der Waals surface area contributed by atoms with Crippen molar-refractivity contribution in [3.63, 3.8) is 0 Å². The molecule has 8 heteroatoms. The monoisotopic (exact) mass is 428 g/mol. The van der Waals surface area contributed by atoms with Crippen LogP contribution in [-0.4, -0.2) is 21.1 Å². The molecule has 1 aromatic carbocycles. The van der Waals surface area contributed by atoms with Gasteiger partial charge < -0.3 is 20.6 Å².